The highest BCUT2D eigenvalue weighted by Crippen LogP contribution is 2.34. The summed E-state index contributed by atoms with van der Waals surface area (Å²) in [6, 6.07) is 0. The number of nitro groups is 1. The topological polar surface area (TPSA) is 101 Å². The third kappa shape index (κ3) is 5.71. The molecule has 0 heterocycles. The molecule has 19 heavy (non-hydrogen) atoms. The minimum Gasteiger partial charge on any atom is -0.481 e. The zero-order valence-electron chi connectivity index (χ0n) is 10.7. The van der Waals surface area contributed by atoms with Crippen molar-refractivity contribution in [2.75, 3.05) is 6.54 Å². The van der Waals surface area contributed by atoms with Crippen LogP contribution in [0.15, 0.2) is 0 Å². The van der Waals surface area contributed by atoms with Crippen LogP contribution in [-0.2, 0) is 4.79 Å². The van der Waals surface area contributed by atoms with Crippen LogP contribution in [-0.4, -0.2) is 33.8 Å². The molecule has 1 fully saturated rings. The van der Waals surface area contributed by atoms with E-state index < -0.39 is 12.1 Å². The molecule has 0 amide bonds. The Hall–Kier alpha value is -1.61. The SMILES string of the molecule is O=C(O)CCCC#CCC1C(O)CCC1C[N+](=O)[O-]. The van der Waals surface area contributed by atoms with Crippen LogP contribution in [0.3, 0.4) is 0 Å². The Labute approximate surface area is 112 Å². The lowest BCUT2D eigenvalue weighted by molar-refractivity contribution is -0.489. The first-order chi connectivity index (χ1) is 9.00. The van der Waals surface area contributed by atoms with E-state index in [0.717, 1.165) is 0 Å². The number of carboxylic acid groups (broad SMARTS) is 1. The van der Waals surface area contributed by atoms with Crippen molar-refractivity contribution in [3.63, 3.8) is 0 Å². The van der Waals surface area contributed by atoms with Gasteiger partial charge in [0.15, 0.2) is 0 Å². The van der Waals surface area contributed by atoms with Gasteiger partial charge in [-0.3, -0.25) is 14.9 Å². The summed E-state index contributed by atoms with van der Waals surface area (Å²) in [5, 5.41) is 28.7. The number of aliphatic carboxylic acids is 1. The van der Waals surface area contributed by atoms with Crippen LogP contribution in [0.5, 0.6) is 0 Å². The van der Waals surface area contributed by atoms with Crippen molar-refractivity contribution in [2.24, 2.45) is 11.8 Å². The summed E-state index contributed by atoms with van der Waals surface area (Å²) in [5.74, 6) is 4.72. The van der Waals surface area contributed by atoms with Gasteiger partial charge in [0.2, 0.25) is 6.54 Å². The average molecular weight is 269 g/mol. The molecule has 6 nitrogen and oxygen atoms in total. The first kappa shape index (κ1) is 15.4. The van der Waals surface area contributed by atoms with E-state index in [4.69, 9.17) is 5.11 Å². The van der Waals surface area contributed by atoms with E-state index in [2.05, 4.69) is 11.8 Å². The number of nitrogens with zero attached hydrogens (tertiary/aromatic N) is 1. The minimum absolute atomic E-state index is 0.0988. The van der Waals surface area contributed by atoms with Crippen molar-refractivity contribution in [3.05, 3.63) is 10.1 Å². The summed E-state index contributed by atoms with van der Waals surface area (Å²) >= 11 is 0. The molecule has 106 valence electrons. The van der Waals surface area contributed by atoms with Gasteiger partial charge in [-0.25, -0.2) is 0 Å². The fourth-order valence-corrected chi connectivity index (χ4v) is 2.45. The molecular formula is C13H19NO5. The van der Waals surface area contributed by atoms with E-state index in [1.165, 1.54) is 0 Å². The van der Waals surface area contributed by atoms with E-state index in [1.807, 2.05) is 0 Å². The Morgan fingerprint density at radius 3 is 2.74 bits per heavy atom. The molecule has 0 aromatic carbocycles. The Morgan fingerprint density at radius 2 is 2.11 bits per heavy atom. The van der Waals surface area contributed by atoms with Gasteiger partial charge in [0, 0.05) is 36.0 Å². The third-order valence-corrected chi connectivity index (χ3v) is 3.47. The van der Waals surface area contributed by atoms with Gasteiger partial charge in [-0.2, -0.15) is 0 Å². The standard InChI is InChI=1S/C13H19NO5/c15-12-8-7-10(9-14(18)19)11(12)5-3-1-2-4-6-13(16)17/h10-12,15H,2,4-9H2,(H,16,17). The summed E-state index contributed by atoms with van der Waals surface area (Å²) < 4.78 is 0. The lowest BCUT2D eigenvalue weighted by atomic mass is 9.92. The summed E-state index contributed by atoms with van der Waals surface area (Å²) in [7, 11) is 0. The Bertz CT molecular complexity index is 384. The Morgan fingerprint density at radius 1 is 1.37 bits per heavy atom. The molecule has 1 saturated carbocycles. The van der Waals surface area contributed by atoms with Crippen LogP contribution in [0.4, 0.5) is 0 Å². The van der Waals surface area contributed by atoms with E-state index in [-0.39, 0.29) is 29.7 Å². The molecule has 0 saturated heterocycles. The molecule has 0 aliphatic heterocycles. The fraction of sp³-hybridized carbons (Fsp3) is 0.769. The van der Waals surface area contributed by atoms with Crippen LogP contribution < -0.4 is 0 Å². The summed E-state index contributed by atoms with van der Waals surface area (Å²) in [6.07, 6.45) is 2.34. The van der Waals surface area contributed by atoms with Crippen molar-refractivity contribution in [2.45, 2.75) is 44.6 Å². The molecule has 0 aromatic rings. The van der Waals surface area contributed by atoms with Gasteiger partial charge in [-0.15, -0.1) is 11.8 Å². The Kier molecular flexibility index (Phi) is 6.30. The van der Waals surface area contributed by atoms with Gasteiger partial charge in [-0.05, 0) is 19.3 Å². The van der Waals surface area contributed by atoms with E-state index >= 15 is 0 Å². The molecule has 1 rings (SSSR count). The molecule has 0 aromatic heterocycles. The monoisotopic (exact) mass is 269 g/mol. The molecule has 0 radical (unpaired) electrons. The summed E-state index contributed by atoms with van der Waals surface area (Å²) in [6.45, 7) is -0.109. The van der Waals surface area contributed by atoms with E-state index in [9.17, 15) is 20.0 Å². The summed E-state index contributed by atoms with van der Waals surface area (Å²) in [5.41, 5.74) is 0. The van der Waals surface area contributed by atoms with Crippen LogP contribution in [0.2, 0.25) is 0 Å². The molecule has 0 spiro atoms. The molecule has 0 bridgehead atoms. The number of unbranched alkanes of at least 4 members (excludes halogenated alkanes) is 1. The number of carboxylic acids is 1. The van der Waals surface area contributed by atoms with Gasteiger partial charge in [0.25, 0.3) is 0 Å². The van der Waals surface area contributed by atoms with Crippen LogP contribution in [0.25, 0.3) is 0 Å². The first-order valence-electron chi connectivity index (χ1n) is 6.48. The van der Waals surface area contributed by atoms with E-state index in [0.29, 0.717) is 32.1 Å². The van der Waals surface area contributed by atoms with Gasteiger partial charge in [0.05, 0.1) is 6.10 Å². The van der Waals surface area contributed by atoms with Crippen molar-refractivity contribution in [3.8, 4) is 11.8 Å². The number of carbonyl (C=O) groups is 1. The molecule has 1 aliphatic rings. The maximum atomic E-state index is 10.5. The zero-order chi connectivity index (χ0) is 14.3. The number of rotatable bonds is 6. The predicted octanol–water partition coefficient (Wildman–Crippen LogP) is 1.30. The maximum Gasteiger partial charge on any atom is 0.303 e. The first-order valence-corrected chi connectivity index (χ1v) is 6.48. The Balaban J connectivity index is 2.34. The lowest BCUT2D eigenvalue weighted by Crippen LogP contribution is -2.24. The van der Waals surface area contributed by atoms with Crippen LogP contribution in [0, 0.1) is 33.8 Å². The van der Waals surface area contributed by atoms with Crippen molar-refractivity contribution in [1.29, 1.82) is 0 Å². The maximum absolute atomic E-state index is 10.5. The van der Waals surface area contributed by atoms with Crippen LogP contribution in [0.1, 0.15) is 38.5 Å². The molecular weight excluding hydrogens is 250 g/mol. The van der Waals surface area contributed by atoms with Gasteiger partial charge in [-0.1, -0.05) is 0 Å². The van der Waals surface area contributed by atoms with Gasteiger partial charge in [0.1, 0.15) is 0 Å². The molecule has 2 N–H and O–H groups in total. The highest BCUT2D eigenvalue weighted by atomic mass is 16.6. The van der Waals surface area contributed by atoms with Gasteiger partial charge >= 0.3 is 5.97 Å². The number of hydrogen-bond acceptors (Lipinski definition) is 4. The predicted molar refractivity (Wildman–Crippen MR) is 68.0 cm³/mol. The quantitative estimate of drug-likeness (QED) is 0.327. The zero-order valence-corrected chi connectivity index (χ0v) is 10.7. The highest BCUT2D eigenvalue weighted by Gasteiger charge is 2.37. The largest absolute Gasteiger partial charge is 0.481 e. The second kappa shape index (κ2) is 7.74. The van der Waals surface area contributed by atoms with Crippen molar-refractivity contribution < 1.29 is 19.9 Å². The summed E-state index contributed by atoms with van der Waals surface area (Å²) in [4.78, 5) is 20.5. The molecule has 1 aliphatic carbocycles. The fourth-order valence-electron chi connectivity index (χ4n) is 2.45. The number of aliphatic hydroxyl groups excluding tert-OH is 1. The van der Waals surface area contributed by atoms with Crippen molar-refractivity contribution >= 4 is 5.97 Å². The molecule has 3 atom stereocenters. The molecule has 3 unspecified atom stereocenters. The van der Waals surface area contributed by atoms with Gasteiger partial charge < -0.3 is 10.2 Å². The van der Waals surface area contributed by atoms with E-state index in [1.54, 1.807) is 0 Å². The third-order valence-electron chi connectivity index (χ3n) is 3.47. The smallest absolute Gasteiger partial charge is 0.303 e. The number of hydrogen-bond donors (Lipinski definition) is 2. The normalized spacial score (nSPS) is 25.6. The lowest BCUT2D eigenvalue weighted by Gasteiger charge is -2.16. The second-order valence-corrected chi connectivity index (χ2v) is 4.89. The highest BCUT2D eigenvalue weighted by molar-refractivity contribution is 5.66. The molecule has 6 heteroatoms. The number of aliphatic hydroxyl groups is 1. The minimum atomic E-state index is -0.834. The second-order valence-electron chi connectivity index (χ2n) is 4.89. The average Bonchev–Trinajstić information content (AvgIpc) is 2.64. The van der Waals surface area contributed by atoms with Crippen molar-refractivity contribution in [1.82, 2.24) is 0 Å². The van der Waals surface area contributed by atoms with Crippen LogP contribution >= 0.6 is 0 Å².